The number of ether oxygens (including phenoxy) is 1. The van der Waals surface area contributed by atoms with Crippen molar-refractivity contribution in [3.05, 3.63) is 85.8 Å². The van der Waals surface area contributed by atoms with E-state index in [9.17, 15) is 4.79 Å². The summed E-state index contributed by atoms with van der Waals surface area (Å²) in [7, 11) is 0. The zero-order valence-corrected chi connectivity index (χ0v) is 20.2. The Bertz CT molecular complexity index is 1500. The standard InChI is InChI=1S/C25H20BrN3O3S/c1-2-3-14-31-19-10-6-17(7-11-19)23-27-25-29(28-23)24(30)22(33-25)15-20-12-13-21(32-20)16-4-8-18(26)9-5-16/h4-13,15H,2-3,14H2,1H3/b22-15-. The number of aromatic nitrogens is 3. The van der Waals surface area contributed by atoms with Crippen molar-refractivity contribution < 1.29 is 9.15 Å². The second kappa shape index (κ2) is 9.33. The van der Waals surface area contributed by atoms with E-state index < -0.39 is 0 Å². The number of hydrogen-bond donors (Lipinski definition) is 0. The molecule has 3 heterocycles. The van der Waals surface area contributed by atoms with Gasteiger partial charge in [-0.1, -0.05) is 52.7 Å². The lowest BCUT2D eigenvalue weighted by Gasteiger charge is -2.05. The molecule has 0 N–H and O–H groups in total. The molecule has 0 aliphatic heterocycles. The van der Waals surface area contributed by atoms with Gasteiger partial charge in [0.25, 0.3) is 5.56 Å². The highest BCUT2D eigenvalue weighted by atomic mass is 79.9. The number of furan rings is 1. The molecule has 0 aliphatic rings. The summed E-state index contributed by atoms with van der Waals surface area (Å²) in [5, 5.41) is 4.42. The Morgan fingerprint density at radius 3 is 2.55 bits per heavy atom. The van der Waals surface area contributed by atoms with Crippen molar-refractivity contribution in [3.63, 3.8) is 0 Å². The lowest BCUT2D eigenvalue weighted by atomic mass is 10.2. The predicted molar refractivity (Wildman–Crippen MR) is 134 cm³/mol. The summed E-state index contributed by atoms with van der Waals surface area (Å²) in [5.74, 6) is 2.68. The Morgan fingerprint density at radius 2 is 1.82 bits per heavy atom. The monoisotopic (exact) mass is 521 g/mol. The van der Waals surface area contributed by atoms with Crippen LogP contribution < -0.4 is 14.8 Å². The van der Waals surface area contributed by atoms with E-state index in [2.05, 4.69) is 32.9 Å². The van der Waals surface area contributed by atoms with E-state index in [0.29, 0.717) is 27.7 Å². The fraction of sp³-hybridized carbons (Fsp3) is 0.160. The quantitative estimate of drug-likeness (QED) is 0.262. The van der Waals surface area contributed by atoms with E-state index in [1.807, 2.05) is 60.7 Å². The molecule has 5 aromatic rings. The Balaban J connectivity index is 1.39. The Labute approximate surface area is 202 Å². The first-order valence-electron chi connectivity index (χ1n) is 10.6. The molecule has 6 nitrogen and oxygen atoms in total. The number of halogens is 1. The van der Waals surface area contributed by atoms with Crippen molar-refractivity contribution in [2.45, 2.75) is 19.8 Å². The average molecular weight is 522 g/mol. The Morgan fingerprint density at radius 1 is 1.06 bits per heavy atom. The van der Waals surface area contributed by atoms with Gasteiger partial charge in [0.15, 0.2) is 5.82 Å². The Kier molecular flexibility index (Phi) is 6.11. The van der Waals surface area contributed by atoms with Crippen LogP contribution >= 0.6 is 27.3 Å². The minimum Gasteiger partial charge on any atom is -0.494 e. The van der Waals surface area contributed by atoms with E-state index in [4.69, 9.17) is 9.15 Å². The first-order valence-corrected chi connectivity index (χ1v) is 12.2. The molecule has 33 heavy (non-hydrogen) atoms. The van der Waals surface area contributed by atoms with E-state index >= 15 is 0 Å². The lowest BCUT2D eigenvalue weighted by Crippen LogP contribution is -2.23. The zero-order valence-electron chi connectivity index (χ0n) is 17.8. The van der Waals surface area contributed by atoms with Crippen LogP contribution in [0.1, 0.15) is 25.5 Å². The van der Waals surface area contributed by atoms with Crippen LogP contribution in [0.3, 0.4) is 0 Å². The molecule has 0 atom stereocenters. The number of fused-ring (bicyclic) bond motifs is 1. The molecule has 166 valence electrons. The van der Waals surface area contributed by atoms with Gasteiger partial charge in [0.1, 0.15) is 21.8 Å². The van der Waals surface area contributed by atoms with Crippen molar-refractivity contribution in [3.8, 4) is 28.5 Å². The highest BCUT2D eigenvalue weighted by molar-refractivity contribution is 9.10. The van der Waals surface area contributed by atoms with Gasteiger partial charge in [-0.2, -0.15) is 9.50 Å². The second-order valence-electron chi connectivity index (χ2n) is 7.48. The first-order chi connectivity index (χ1) is 16.1. The SMILES string of the molecule is CCCCOc1ccc(-c2nc3s/c(=C\c4ccc(-c5ccc(Br)cc5)o4)c(=O)n3n2)cc1. The van der Waals surface area contributed by atoms with Gasteiger partial charge in [0.2, 0.25) is 4.96 Å². The third-order valence-electron chi connectivity index (χ3n) is 5.09. The third kappa shape index (κ3) is 4.62. The van der Waals surface area contributed by atoms with Crippen molar-refractivity contribution in [2.75, 3.05) is 6.61 Å². The van der Waals surface area contributed by atoms with Gasteiger partial charge in [-0.05, 0) is 55.0 Å². The maximum atomic E-state index is 12.9. The molecule has 2 aromatic carbocycles. The molecule has 0 saturated carbocycles. The maximum absolute atomic E-state index is 12.9. The molecule has 0 radical (unpaired) electrons. The molecular weight excluding hydrogens is 502 g/mol. The van der Waals surface area contributed by atoms with Gasteiger partial charge in [-0.25, -0.2) is 0 Å². The molecular formula is C25H20BrN3O3S. The summed E-state index contributed by atoms with van der Waals surface area (Å²) in [4.78, 5) is 18.0. The molecule has 0 amide bonds. The third-order valence-corrected chi connectivity index (χ3v) is 6.58. The first kappa shape index (κ1) is 21.6. The van der Waals surface area contributed by atoms with Crippen LogP contribution in [0, 0.1) is 0 Å². The van der Waals surface area contributed by atoms with Crippen LogP contribution in [0.5, 0.6) is 5.75 Å². The summed E-state index contributed by atoms with van der Waals surface area (Å²) in [5.41, 5.74) is 1.59. The van der Waals surface area contributed by atoms with Gasteiger partial charge in [0, 0.05) is 21.7 Å². The van der Waals surface area contributed by atoms with E-state index in [0.717, 1.165) is 40.0 Å². The molecule has 0 unspecified atom stereocenters. The zero-order chi connectivity index (χ0) is 22.8. The minimum absolute atomic E-state index is 0.213. The van der Waals surface area contributed by atoms with Crippen LogP contribution in [0.25, 0.3) is 33.7 Å². The summed E-state index contributed by atoms with van der Waals surface area (Å²) in [6, 6.07) is 19.2. The molecule has 0 spiro atoms. The van der Waals surface area contributed by atoms with Crippen molar-refractivity contribution in [2.24, 2.45) is 0 Å². The van der Waals surface area contributed by atoms with E-state index in [1.54, 1.807) is 6.08 Å². The average Bonchev–Trinajstić information content (AvgIpc) is 3.53. The number of hydrogen-bond acceptors (Lipinski definition) is 6. The molecule has 8 heteroatoms. The van der Waals surface area contributed by atoms with Crippen molar-refractivity contribution >= 4 is 38.3 Å². The second-order valence-corrected chi connectivity index (χ2v) is 9.41. The van der Waals surface area contributed by atoms with Crippen LogP contribution in [0.2, 0.25) is 0 Å². The molecule has 5 rings (SSSR count). The van der Waals surface area contributed by atoms with Gasteiger partial charge in [-0.3, -0.25) is 4.79 Å². The van der Waals surface area contributed by atoms with Crippen LogP contribution in [0.15, 0.2) is 74.3 Å². The van der Waals surface area contributed by atoms with Gasteiger partial charge in [0.05, 0.1) is 6.61 Å². The molecule has 0 fully saturated rings. The van der Waals surface area contributed by atoms with Crippen molar-refractivity contribution in [1.82, 2.24) is 14.6 Å². The van der Waals surface area contributed by atoms with E-state index in [1.165, 1.54) is 15.9 Å². The van der Waals surface area contributed by atoms with Gasteiger partial charge >= 0.3 is 0 Å². The van der Waals surface area contributed by atoms with Crippen LogP contribution in [-0.4, -0.2) is 21.2 Å². The summed E-state index contributed by atoms with van der Waals surface area (Å²) in [6.45, 7) is 2.83. The highest BCUT2D eigenvalue weighted by Gasteiger charge is 2.13. The maximum Gasteiger partial charge on any atom is 0.291 e. The topological polar surface area (TPSA) is 69.6 Å². The smallest absolute Gasteiger partial charge is 0.291 e. The fourth-order valence-corrected chi connectivity index (χ4v) is 4.47. The van der Waals surface area contributed by atoms with Crippen LogP contribution in [-0.2, 0) is 0 Å². The van der Waals surface area contributed by atoms with E-state index in [-0.39, 0.29) is 5.56 Å². The van der Waals surface area contributed by atoms with Gasteiger partial charge < -0.3 is 9.15 Å². The molecule has 0 aliphatic carbocycles. The number of nitrogens with zero attached hydrogens (tertiary/aromatic N) is 3. The lowest BCUT2D eigenvalue weighted by molar-refractivity contribution is 0.309. The highest BCUT2D eigenvalue weighted by Crippen LogP contribution is 2.24. The minimum atomic E-state index is -0.213. The summed E-state index contributed by atoms with van der Waals surface area (Å²) < 4.78 is 14.5. The molecule has 3 aromatic heterocycles. The number of rotatable bonds is 7. The number of unbranched alkanes of at least 4 members (excludes halogenated alkanes) is 1. The summed E-state index contributed by atoms with van der Waals surface area (Å²) >= 11 is 4.72. The Hall–Kier alpha value is -3.23. The fourth-order valence-electron chi connectivity index (χ4n) is 3.32. The van der Waals surface area contributed by atoms with Crippen molar-refractivity contribution in [1.29, 1.82) is 0 Å². The molecule has 0 bridgehead atoms. The predicted octanol–water partition coefficient (Wildman–Crippen LogP) is 5.57. The van der Waals surface area contributed by atoms with Gasteiger partial charge in [-0.15, -0.1) is 5.10 Å². The molecule has 0 saturated heterocycles. The largest absolute Gasteiger partial charge is 0.494 e. The summed E-state index contributed by atoms with van der Waals surface area (Å²) in [6.07, 6.45) is 3.85. The number of thiazole rings is 1. The number of benzene rings is 2. The van der Waals surface area contributed by atoms with Crippen LogP contribution in [0.4, 0.5) is 0 Å². The normalized spacial score (nSPS) is 12.0.